The minimum atomic E-state index is -0.381. The molecule has 7 nitrogen and oxygen atoms in total. The molecule has 1 aliphatic rings. The molecule has 1 saturated carbocycles. The van der Waals surface area contributed by atoms with Crippen molar-refractivity contribution in [1.29, 1.82) is 0 Å². The van der Waals surface area contributed by atoms with E-state index in [0.29, 0.717) is 17.8 Å². The molecular formula is C14H17N5O2. The minimum Gasteiger partial charge on any atom is -0.311 e. The highest BCUT2D eigenvalue weighted by molar-refractivity contribution is 5.52. The largest absolute Gasteiger partial charge is 0.311 e. The third kappa shape index (κ3) is 3.08. The molecule has 0 bridgehead atoms. The molecule has 3 rings (SSSR count). The predicted octanol–water partition coefficient (Wildman–Crippen LogP) is 1.98. The normalized spacial score (nSPS) is 14.3. The van der Waals surface area contributed by atoms with Crippen LogP contribution in [-0.4, -0.2) is 26.5 Å². The zero-order valence-electron chi connectivity index (χ0n) is 11.8. The summed E-state index contributed by atoms with van der Waals surface area (Å²) in [6.07, 6.45) is 4.44. The first-order valence-corrected chi connectivity index (χ1v) is 7.01. The Morgan fingerprint density at radius 2 is 2.29 bits per heavy atom. The van der Waals surface area contributed by atoms with Crippen molar-refractivity contribution >= 4 is 5.69 Å². The summed E-state index contributed by atoms with van der Waals surface area (Å²) in [5, 5.41) is 22.5. The van der Waals surface area contributed by atoms with E-state index in [-0.39, 0.29) is 10.6 Å². The van der Waals surface area contributed by atoms with E-state index in [1.54, 1.807) is 23.7 Å². The monoisotopic (exact) mass is 287 g/mol. The van der Waals surface area contributed by atoms with Crippen molar-refractivity contribution in [1.82, 2.24) is 20.3 Å². The van der Waals surface area contributed by atoms with Crippen molar-refractivity contribution in [2.24, 2.45) is 5.92 Å². The molecule has 1 aromatic heterocycles. The molecule has 1 N–H and O–H groups in total. The second kappa shape index (κ2) is 5.61. The molecule has 1 heterocycles. The van der Waals surface area contributed by atoms with Gasteiger partial charge in [-0.1, -0.05) is 11.3 Å². The Kier molecular flexibility index (Phi) is 3.66. The second-order valence-corrected chi connectivity index (χ2v) is 5.41. The topological polar surface area (TPSA) is 85.9 Å². The summed E-state index contributed by atoms with van der Waals surface area (Å²) in [6.45, 7) is 3.41. The summed E-state index contributed by atoms with van der Waals surface area (Å²) in [7, 11) is 0. The van der Waals surface area contributed by atoms with Gasteiger partial charge in [-0.25, -0.2) is 4.68 Å². The van der Waals surface area contributed by atoms with Gasteiger partial charge in [0.05, 0.1) is 28.1 Å². The lowest BCUT2D eigenvalue weighted by Crippen LogP contribution is -2.16. The van der Waals surface area contributed by atoms with Crippen molar-refractivity contribution in [3.63, 3.8) is 0 Å². The Morgan fingerprint density at radius 3 is 3.00 bits per heavy atom. The molecule has 0 amide bonds. The van der Waals surface area contributed by atoms with Gasteiger partial charge in [0.2, 0.25) is 0 Å². The molecule has 7 heteroatoms. The van der Waals surface area contributed by atoms with Gasteiger partial charge in [0.1, 0.15) is 0 Å². The molecule has 110 valence electrons. The van der Waals surface area contributed by atoms with Crippen LogP contribution >= 0.6 is 0 Å². The van der Waals surface area contributed by atoms with Crippen molar-refractivity contribution in [3.8, 4) is 5.69 Å². The minimum absolute atomic E-state index is 0.0939. The number of hydrogen-bond acceptors (Lipinski definition) is 5. The molecular weight excluding hydrogens is 270 g/mol. The van der Waals surface area contributed by atoms with Gasteiger partial charge in [-0.05, 0) is 38.3 Å². The maximum Gasteiger partial charge on any atom is 0.274 e. The molecule has 1 aromatic carbocycles. The number of benzene rings is 1. The van der Waals surface area contributed by atoms with Crippen LogP contribution in [0.4, 0.5) is 5.69 Å². The fraction of sp³-hybridized carbons (Fsp3) is 0.429. The third-order valence-electron chi connectivity index (χ3n) is 3.70. The first-order valence-electron chi connectivity index (χ1n) is 7.01. The zero-order chi connectivity index (χ0) is 14.8. The van der Waals surface area contributed by atoms with E-state index in [9.17, 15) is 10.1 Å². The van der Waals surface area contributed by atoms with Gasteiger partial charge in [-0.15, -0.1) is 5.10 Å². The number of aromatic nitrogens is 3. The van der Waals surface area contributed by atoms with Crippen molar-refractivity contribution < 1.29 is 4.92 Å². The van der Waals surface area contributed by atoms with Crippen molar-refractivity contribution in [2.45, 2.75) is 26.3 Å². The summed E-state index contributed by atoms with van der Waals surface area (Å²) in [4.78, 5) is 10.6. The van der Waals surface area contributed by atoms with E-state index in [4.69, 9.17) is 0 Å². The second-order valence-electron chi connectivity index (χ2n) is 5.41. The molecule has 2 aromatic rings. The van der Waals surface area contributed by atoms with Crippen LogP contribution < -0.4 is 5.32 Å². The first kappa shape index (κ1) is 13.7. The average Bonchev–Trinajstić information content (AvgIpc) is 3.16. The van der Waals surface area contributed by atoms with E-state index in [2.05, 4.69) is 15.6 Å². The van der Waals surface area contributed by atoms with Crippen LogP contribution in [0.5, 0.6) is 0 Å². The lowest BCUT2D eigenvalue weighted by Gasteiger charge is -2.04. The van der Waals surface area contributed by atoms with Gasteiger partial charge in [0, 0.05) is 12.6 Å². The Morgan fingerprint density at radius 1 is 1.48 bits per heavy atom. The van der Waals surface area contributed by atoms with Gasteiger partial charge in [-0.2, -0.15) is 0 Å². The zero-order valence-corrected chi connectivity index (χ0v) is 11.8. The smallest absolute Gasteiger partial charge is 0.274 e. The van der Waals surface area contributed by atoms with Gasteiger partial charge < -0.3 is 5.32 Å². The summed E-state index contributed by atoms with van der Waals surface area (Å²) < 4.78 is 1.59. The molecule has 1 aliphatic carbocycles. The molecule has 0 radical (unpaired) electrons. The Labute approximate surface area is 122 Å². The highest BCUT2D eigenvalue weighted by Gasteiger charge is 2.20. The quantitative estimate of drug-likeness (QED) is 0.648. The summed E-state index contributed by atoms with van der Waals surface area (Å²) in [6, 6.07) is 4.96. The first-order chi connectivity index (χ1) is 10.1. The fourth-order valence-electron chi connectivity index (χ4n) is 2.28. The number of nitrogens with zero attached hydrogens (tertiary/aromatic N) is 4. The summed E-state index contributed by atoms with van der Waals surface area (Å²) in [5.74, 6) is 0.819. The molecule has 1 fully saturated rings. The highest BCUT2D eigenvalue weighted by atomic mass is 16.6. The Bertz CT molecular complexity index is 663. The van der Waals surface area contributed by atoms with E-state index in [0.717, 1.165) is 18.2 Å². The lowest BCUT2D eigenvalue weighted by molar-refractivity contribution is -0.385. The van der Waals surface area contributed by atoms with Crippen LogP contribution in [-0.2, 0) is 6.54 Å². The molecule has 0 atom stereocenters. The number of nitrogens with one attached hydrogen (secondary N) is 1. The predicted molar refractivity (Wildman–Crippen MR) is 77.2 cm³/mol. The van der Waals surface area contributed by atoms with E-state index in [1.807, 2.05) is 6.20 Å². The third-order valence-corrected chi connectivity index (χ3v) is 3.70. The Balaban J connectivity index is 1.75. The van der Waals surface area contributed by atoms with E-state index < -0.39 is 0 Å². The van der Waals surface area contributed by atoms with Crippen LogP contribution in [0.1, 0.15) is 24.1 Å². The van der Waals surface area contributed by atoms with Gasteiger partial charge in [0.15, 0.2) is 0 Å². The molecule has 21 heavy (non-hydrogen) atoms. The SMILES string of the molecule is Cc1c(-n2cc(CNCC3CC3)nn2)cccc1[N+](=O)[O-]. The van der Waals surface area contributed by atoms with Crippen LogP contribution in [0.3, 0.4) is 0 Å². The molecule has 0 spiro atoms. The van der Waals surface area contributed by atoms with E-state index >= 15 is 0 Å². The number of rotatable bonds is 6. The van der Waals surface area contributed by atoms with Crippen molar-refractivity contribution in [3.05, 3.63) is 45.8 Å². The number of nitro groups is 1. The average molecular weight is 287 g/mol. The molecule has 0 unspecified atom stereocenters. The summed E-state index contributed by atoms with van der Waals surface area (Å²) in [5.41, 5.74) is 2.20. The van der Waals surface area contributed by atoms with Gasteiger partial charge in [0.25, 0.3) is 5.69 Å². The fourth-order valence-corrected chi connectivity index (χ4v) is 2.28. The van der Waals surface area contributed by atoms with E-state index in [1.165, 1.54) is 18.9 Å². The van der Waals surface area contributed by atoms with Crippen LogP contribution in [0, 0.1) is 23.0 Å². The van der Waals surface area contributed by atoms with Crippen LogP contribution in [0.25, 0.3) is 5.69 Å². The maximum atomic E-state index is 11.0. The highest BCUT2D eigenvalue weighted by Crippen LogP contribution is 2.27. The molecule has 0 saturated heterocycles. The van der Waals surface area contributed by atoms with Crippen molar-refractivity contribution in [2.75, 3.05) is 6.54 Å². The number of nitro benzene ring substituents is 1. The Hall–Kier alpha value is -2.28. The molecule has 0 aliphatic heterocycles. The lowest BCUT2D eigenvalue weighted by atomic mass is 10.1. The summed E-state index contributed by atoms with van der Waals surface area (Å²) >= 11 is 0. The maximum absolute atomic E-state index is 11.0. The number of hydrogen-bond donors (Lipinski definition) is 1. The standard InChI is InChI=1S/C14H17N5O2/c1-10-13(3-2-4-14(10)19(20)21)18-9-12(16-17-18)8-15-7-11-5-6-11/h2-4,9,11,15H,5-8H2,1H3. The van der Waals surface area contributed by atoms with Crippen LogP contribution in [0.2, 0.25) is 0 Å². The van der Waals surface area contributed by atoms with Gasteiger partial charge in [-0.3, -0.25) is 10.1 Å². The van der Waals surface area contributed by atoms with Gasteiger partial charge >= 0.3 is 0 Å². The van der Waals surface area contributed by atoms with Crippen LogP contribution in [0.15, 0.2) is 24.4 Å².